The Morgan fingerprint density at radius 3 is 2.57 bits per heavy atom. The Morgan fingerprint density at radius 1 is 1.04 bits per heavy atom. The van der Waals surface area contributed by atoms with E-state index in [1.807, 2.05) is 30.3 Å². The Bertz CT molecular complexity index is 955. The summed E-state index contributed by atoms with van der Waals surface area (Å²) in [5.41, 5.74) is 9.13. The van der Waals surface area contributed by atoms with Gasteiger partial charge in [0.1, 0.15) is 0 Å². The first-order chi connectivity index (χ1) is 11.2. The summed E-state index contributed by atoms with van der Waals surface area (Å²) in [5, 5.41) is 11.0. The molecule has 0 aromatic heterocycles. The van der Waals surface area contributed by atoms with Gasteiger partial charge in [0.25, 0.3) is 0 Å². The molecule has 0 aliphatic carbocycles. The SMILES string of the molecule is COC(=O)c1cc(-c2ccccc2C#N)c2cccc(N)c2c1. The molecule has 23 heavy (non-hydrogen) atoms. The van der Waals surface area contributed by atoms with Crippen LogP contribution < -0.4 is 5.73 Å². The molecule has 0 amide bonds. The van der Waals surface area contributed by atoms with Gasteiger partial charge in [0.15, 0.2) is 0 Å². The summed E-state index contributed by atoms with van der Waals surface area (Å²) in [7, 11) is 1.34. The molecule has 4 heteroatoms. The van der Waals surface area contributed by atoms with Crippen LogP contribution in [0.15, 0.2) is 54.6 Å². The van der Waals surface area contributed by atoms with Gasteiger partial charge in [-0.1, -0.05) is 30.3 Å². The van der Waals surface area contributed by atoms with Crippen LogP contribution in [0.4, 0.5) is 5.69 Å². The van der Waals surface area contributed by atoms with Crippen molar-refractivity contribution in [3.63, 3.8) is 0 Å². The third kappa shape index (κ3) is 2.49. The number of carbonyl (C=O) groups excluding carboxylic acids is 1. The lowest BCUT2D eigenvalue weighted by Crippen LogP contribution is -2.02. The van der Waals surface area contributed by atoms with E-state index in [1.165, 1.54) is 7.11 Å². The van der Waals surface area contributed by atoms with E-state index in [-0.39, 0.29) is 0 Å². The summed E-state index contributed by atoms with van der Waals surface area (Å²) in [6, 6.07) is 18.5. The summed E-state index contributed by atoms with van der Waals surface area (Å²) < 4.78 is 4.83. The monoisotopic (exact) mass is 302 g/mol. The van der Waals surface area contributed by atoms with E-state index in [0.29, 0.717) is 16.8 Å². The van der Waals surface area contributed by atoms with E-state index >= 15 is 0 Å². The summed E-state index contributed by atoms with van der Waals surface area (Å²) in [5.74, 6) is -0.439. The fourth-order valence-corrected chi connectivity index (χ4v) is 2.68. The molecule has 0 saturated carbocycles. The molecular weight excluding hydrogens is 288 g/mol. The summed E-state index contributed by atoms with van der Waals surface area (Å²) in [6.07, 6.45) is 0. The zero-order valence-electron chi connectivity index (χ0n) is 12.5. The first kappa shape index (κ1) is 14.6. The summed E-state index contributed by atoms with van der Waals surface area (Å²) in [6.45, 7) is 0. The Labute approximate surface area is 133 Å². The second-order valence-electron chi connectivity index (χ2n) is 5.12. The number of esters is 1. The molecule has 0 spiro atoms. The van der Waals surface area contributed by atoms with E-state index in [0.717, 1.165) is 21.9 Å². The van der Waals surface area contributed by atoms with Crippen molar-refractivity contribution in [2.45, 2.75) is 0 Å². The molecule has 0 aliphatic rings. The fraction of sp³-hybridized carbons (Fsp3) is 0.0526. The maximum absolute atomic E-state index is 12.0. The van der Waals surface area contributed by atoms with Gasteiger partial charge in [-0.2, -0.15) is 5.26 Å². The van der Waals surface area contributed by atoms with Crippen molar-refractivity contribution >= 4 is 22.4 Å². The van der Waals surface area contributed by atoms with Gasteiger partial charge in [-0.3, -0.25) is 0 Å². The fourth-order valence-electron chi connectivity index (χ4n) is 2.68. The number of nitrogen functional groups attached to an aromatic ring is 1. The maximum atomic E-state index is 12.0. The van der Waals surface area contributed by atoms with Gasteiger partial charge >= 0.3 is 5.97 Å². The van der Waals surface area contributed by atoms with Gasteiger partial charge in [0.2, 0.25) is 0 Å². The average molecular weight is 302 g/mol. The zero-order chi connectivity index (χ0) is 16.4. The summed E-state index contributed by atoms with van der Waals surface area (Å²) >= 11 is 0. The molecule has 4 nitrogen and oxygen atoms in total. The minimum absolute atomic E-state index is 0.403. The highest BCUT2D eigenvalue weighted by Gasteiger charge is 2.15. The van der Waals surface area contributed by atoms with Gasteiger partial charge in [-0.25, -0.2) is 4.79 Å². The normalized spacial score (nSPS) is 10.3. The predicted molar refractivity (Wildman–Crippen MR) is 89.9 cm³/mol. The highest BCUT2D eigenvalue weighted by molar-refractivity contribution is 6.07. The van der Waals surface area contributed by atoms with E-state index in [1.54, 1.807) is 24.3 Å². The highest BCUT2D eigenvalue weighted by Crippen LogP contribution is 2.34. The Kier molecular flexibility index (Phi) is 3.70. The van der Waals surface area contributed by atoms with Crippen LogP contribution in [-0.2, 0) is 4.74 Å². The third-order valence-corrected chi connectivity index (χ3v) is 3.79. The number of rotatable bonds is 2. The van der Waals surface area contributed by atoms with Crippen molar-refractivity contribution in [2.24, 2.45) is 0 Å². The van der Waals surface area contributed by atoms with E-state index in [9.17, 15) is 10.1 Å². The third-order valence-electron chi connectivity index (χ3n) is 3.79. The van der Waals surface area contributed by atoms with E-state index in [4.69, 9.17) is 10.5 Å². The molecule has 112 valence electrons. The molecule has 0 atom stereocenters. The zero-order valence-corrected chi connectivity index (χ0v) is 12.5. The van der Waals surface area contributed by atoms with Crippen LogP contribution in [0.1, 0.15) is 15.9 Å². The minimum Gasteiger partial charge on any atom is -0.465 e. The van der Waals surface area contributed by atoms with Crippen LogP contribution in [0, 0.1) is 11.3 Å². The van der Waals surface area contributed by atoms with Gasteiger partial charge in [0, 0.05) is 16.6 Å². The molecule has 0 fully saturated rings. The van der Waals surface area contributed by atoms with Crippen LogP contribution in [0.5, 0.6) is 0 Å². The van der Waals surface area contributed by atoms with Crippen LogP contribution in [0.2, 0.25) is 0 Å². The van der Waals surface area contributed by atoms with Crippen LogP contribution in [0.3, 0.4) is 0 Å². The second kappa shape index (κ2) is 5.82. The molecule has 0 saturated heterocycles. The lowest BCUT2D eigenvalue weighted by Gasteiger charge is -2.12. The quantitative estimate of drug-likeness (QED) is 0.578. The number of hydrogen-bond donors (Lipinski definition) is 1. The molecular formula is C19H14N2O2. The Balaban J connectivity index is 2.42. The smallest absolute Gasteiger partial charge is 0.337 e. The van der Waals surface area contributed by atoms with Crippen molar-refractivity contribution in [1.29, 1.82) is 5.26 Å². The number of methoxy groups -OCH3 is 1. The van der Waals surface area contributed by atoms with Crippen LogP contribution in [-0.4, -0.2) is 13.1 Å². The van der Waals surface area contributed by atoms with Crippen LogP contribution in [0.25, 0.3) is 21.9 Å². The molecule has 3 rings (SSSR count). The number of nitrogens with two attached hydrogens (primary N) is 1. The van der Waals surface area contributed by atoms with Crippen molar-refractivity contribution < 1.29 is 9.53 Å². The van der Waals surface area contributed by atoms with Crippen molar-refractivity contribution in [3.05, 3.63) is 65.7 Å². The van der Waals surface area contributed by atoms with Gasteiger partial charge in [-0.15, -0.1) is 0 Å². The van der Waals surface area contributed by atoms with Crippen molar-refractivity contribution in [3.8, 4) is 17.2 Å². The molecule has 3 aromatic carbocycles. The minimum atomic E-state index is -0.439. The van der Waals surface area contributed by atoms with E-state index < -0.39 is 5.97 Å². The number of nitrogens with zero attached hydrogens (tertiary/aromatic N) is 1. The largest absolute Gasteiger partial charge is 0.465 e. The second-order valence-corrected chi connectivity index (χ2v) is 5.12. The first-order valence-electron chi connectivity index (χ1n) is 7.05. The number of fused-ring (bicyclic) bond motifs is 1. The lowest BCUT2D eigenvalue weighted by atomic mass is 9.92. The number of hydrogen-bond acceptors (Lipinski definition) is 4. The number of benzene rings is 3. The van der Waals surface area contributed by atoms with E-state index in [2.05, 4.69) is 6.07 Å². The van der Waals surface area contributed by atoms with Gasteiger partial charge < -0.3 is 10.5 Å². The van der Waals surface area contributed by atoms with Crippen LogP contribution >= 0.6 is 0 Å². The van der Waals surface area contributed by atoms with Crippen molar-refractivity contribution in [1.82, 2.24) is 0 Å². The topological polar surface area (TPSA) is 76.1 Å². The Hall–Kier alpha value is -3.32. The molecule has 0 heterocycles. The van der Waals surface area contributed by atoms with Gasteiger partial charge in [-0.05, 0) is 35.2 Å². The standard InChI is InChI=1S/C19H14N2O2/c1-23-19(22)13-9-16(14-6-3-2-5-12(14)11-20)15-7-4-8-18(21)17(15)10-13/h2-10H,21H2,1H3. The first-order valence-corrected chi connectivity index (χ1v) is 7.05. The molecule has 0 bridgehead atoms. The average Bonchev–Trinajstić information content (AvgIpc) is 2.60. The number of anilines is 1. The molecule has 2 N–H and O–H groups in total. The highest BCUT2D eigenvalue weighted by atomic mass is 16.5. The number of ether oxygens (including phenoxy) is 1. The number of carbonyl (C=O) groups is 1. The molecule has 0 unspecified atom stereocenters. The molecule has 0 radical (unpaired) electrons. The number of nitriles is 1. The Morgan fingerprint density at radius 2 is 1.83 bits per heavy atom. The molecule has 3 aromatic rings. The maximum Gasteiger partial charge on any atom is 0.337 e. The lowest BCUT2D eigenvalue weighted by molar-refractivity contribution is 0.0601. The summed E-state index contributed by atoms with van der Waals surface area (Å²) in [4.78, 5) is 12.0. The van der Waals surface area contributed by atoms with Crippen molar-refractivity contribution in [2.75, 3.05) is 12.8 Å². The molecule has 0 aliphatic heterocycles. The van der Waals surface area contributed by atoms with Gasteiger partial charge in [0.05, 0.1) is 24.3 Å². The predicted octanol–water partition coefficient (Wildman–Crippen LogP) is 3.75.